The number of nitrogens with zero attached hydrogens (tertiary/aromatic N) is 1. The SMILES string of the molecule is CC(C)NCc1ccc(N(C)CC2CCCOC2)c(F)c1. The molecule has 118 valence electrons. The van der Waals surface area contributed by atoms with Gasteiger partial charge < -0.3 is 15.0 Å². The molecular weight excluding hydrogens is 267 g/mol. The Morgan fingerprint density at radius 2 is 2.24 bits per heavy atom. The molecule has 1 fully saturated rings. The van der Waals surface area contributed by atoms with Crippen LogP contribution in [0.25, 0.3) is 0 Å². The van der Waals surface area contributed by atoms with Crippen molar-refractivity contribution in [1.82, 2.24) is 5.32 Å². The largest absolute Gasteiger partial charge is 0.381 e. The van der Waals surface area contributed by atoms with Crippen LogP contribution in [0.2, 0.25) is 0 Å². The van der Waals surface area contributed by atoms with Crippen LogP contribution in [0, 0.1) is 11.7 Å². The average Bonchev–Trinajstić information content (AvgIpc) is 2.46. The van der Waals surface area contributed by atoms with E-state index in [-0.39, 0.29) is 5.82 Å². The van der Waals surface area contributed by atoms with Gasteiger partial charge in [-0.2, -0.15) is 0 Å². The van der Waals surface area contributed by atoms with E-state index in [1.807, 2.05) is 24.1 Å². The minimum Gasteiger partial charge on any atom is -0.381 e. The van der Waals surface area contributed by atoms with Gasteiger partial charge in [0.1, 0.15) is 5.82 Å². The van der Waals surface area contributed by atoms with E-state index < -0.39 is 0 Å². The van der Waals surface area contributed by atoms with Crippen LogP contribution in [0.1, 0.15) is 32.3 Å². The minimum atomic E-state index is -0.141. The van der Waals surface area contributed by atoms with Crippen molar-refractivity contribution in [3.8, 4) is 0 Å². The predicted octanol–water partition coefficient (Wildman–Crippen LogP) is 3.19. The van der Waals surface area contributed by atoms with Crippen molar-refractivity contribution < 1.29 is 9.13 Å². The van der Waals surface area contributed by atoms with Crippen LogP contribution in [0.5, 0.6) is 0 Å². The standard InChI is InChI=1S/C17H27FN2O/c1-13(2)19-10-14-6-7-17(16(18)9-14)20(3)11-15-5-4-8-21-12-15/h6-7,9,13,15,19H,4-5,8,10-12H2,1-3H3. The van der Waals surface area contributed by atoms with Gasteiger partial charge in [0.2, 0.25) is 0 Å². The highest BCUT2D eigenvalue weighted by Crippen LogP contribution is 2.22. The monoisotopic (exact) mass is 294 g/mol. The number of nitrogens with one attached hydrogen (secondary N) is 1. The van der Waals surface area contributed by atoms with E-state index in [9.17, 15) is 4.39 Å². The maximum atomic E-state index is 14.3. The molecular formula is C17H27FN2O. The Morgan fingerprint density at radius 1 is 1.43 bits per heavy atom. The van der Waals surface area contributed by atoms with Crippen LogP contribution >= 0.6 is 0 Å². The fourth-order valence-corrected chi connectivity index (χ4v) is 2.73. The molecule has 1 aliphatic heterocycles. The summed E-state index contributed by atoms with van der Waals surface area (Å²) in [6.45, 7) is 7.39. The van der Waals surface area contributed by atoms with Gasteiger partial charge >= 0.3 is 0 Å². The first-order valence-corrected chi connectivity index (χ1v) is 7.87. The highest BCUT2D eigenvalue weighted by molar-refractivity contribution is 5.48. The third kappa shape index (κ3) is 4.97. The molecule has 1 unspecified atom stereocenters. The van der Waals surface area contributed by atoms with Crippen LogP contribution in [-0.4, -0.2) is 32.8 Å². The Hall–Kier alpha value is -1.13. The quantitative estimate of drug-likeness (QED) is 0.872. The fraction of sp³-hybridized carbons (Fsp3) is 0.647. The molecule has 0 amide bonds. The summed E-state index contributed by atoms with van der Waals surface area (Å²) < 4.78 is 19.8. The predicted molar refractivity (Wildman–Crippen MR) is 85.2 cm³/mol. The second kappa shape index (κ2) is 7.76. The number of ether oxygens (including phenoxy) is 1. The smallest absolute Gasteiger partial charge is 0.146 e. The molecule has 0 spiro atoms. The van der Waals surface area contributed by atoms with Crippen LogP contribution in [0.4, 0.5) is 10.1 Å². The van der Waals surface area contributed by atoms with Crippen LogP contribution in [-0.2, 0) is 11.3 Å². The van der Waals surface area contributed by atoms with Crippen LogP contribution in [0.15, 0.2) is 18.2 Å². The zero-order chi connectivity index (χ0) is 15.2. The summed E-state index contributed by atoms with van der Waals surface area (Å²) in [5.41, 5.74) is 1.66. The van der Waals surface area contributed by atoms with Crippen molar-refractivity contribution in [3.63, 3.8) is 0 Å². The lowest BCUT2D eigenvalue weighted by Gasteiger charge is -2.28. The molecule has 21 heavy (non-hydrogen) atoms. The van der Waals surface area contributed by atoms with E-state index in [0.29, 0.717) is 24.2 Å². The summed E-state index contributed by atoms with van der Waals surface area (Å²) >= 11 is 0. The van der Waals surface area contributed by atoms with Crippen molar-refractivity contribution in [3.05, 3.63) is 29.6 Å². The highest BCUT2D eigenvalue weighted by Gasteiger charge is 2.17. The number of halogens is 1. The Labute approximate surface area is 127 Å². The highest BCUT2D eigenvalue weighted by atomic mass is 19.1. The Morgan fingerprint density at radius 3 is 2.86 bits per heavy atom. The minimum absolute atomic E-state index is 0.141. The van der Waals surface area contributed by atoms with Gasteiger partial charge in [-0.1, -0.05) is 19.9 Å². The van der Waals surface area contributed by atoms with Crippen molar-refractivity contribution in [2.75, 3.05) is 31.7 Å². The molecule has 0 bridgehead atoms. The van der Waals surface area contributed by atoms with E-state index >= 15 is 0 Å². The number of benzene rings is 1. The molecule has 1 N–H and O–H groups in total. The van der Waals surface area contributed by atoms with Gasteiger partial charge in [0.25, 0.3) is 0 Å². The van der Waals surface area contributed by atoms with Crippen molar-refractivity contribution in [2.45, 2.75) is 39.3 Å². The van der Waals surface area contributed by atoms with E-state index in [1.54, 1.807) is 6.07 Å². The number of hydrogen-bond donors (Lipinski definition) is 1. The Balaban J connectivity index is 1.95. The lowest BCUT2D eigenvalue weighted by molar-refractivity contribution is 0.0576. The summed E-state index contributed by atoms with van der Waals surface area (Å²) in [7, 11) is 1.96. The normalized spacial score (nSPS) is 19.0. The molecule has 2 rings (SSSR count). The summed E-state index contributed by atoms with van der Waals surface area (Å²) in [6, 6.07) is 5.93. The topological polar surface area (TPSA) is 24.5 Å². The van der Waals surface area contributed by atoms with Crippen LogP contribution < -0.4 is 10.2 Å². The fourth-order valence-electron chi connectivity index (χ4n) is 2.73. The Kier molecular flexibility index (Phi) is 6.00. The third-order valence-corrected chi connectivity index (χ3v) is 3.92. The summed E-state index contributed by atoms with van der Waals surface area (Å²) in [6.07, 6.45) is 2.28. The summed E-state index contributed by atoms with van der Waals surface area (Å²) in [5, 5.41) is 3.31. The molecule has 0 aliphatic carbocycles. The Bertz CT molecular complexity index is 444. The van der Waals surface area contributed by atoms with E-state index in [0.717, 1.165) is 31.7 Å². The maximum Gasteiger partial charge on any atom is 0.146 e. The first-order chi connectivity index (χ1) is 10.1. The molecule has 4 heteroatoms. The zero-order valence-corrected chi connectivity index (χ0v) is 13.4. The second-order valence-corrected chi connectivity index (χ2v) is 6.29. The first-order valence-electron chi connectivity index (χ1n) is 7.87. The molecule has 1 heterocycles. The van der Waals surface area contributed by atoms with Gasteiger partial charge in [-0.3, -0.25) is 0 Å². The van der Waals surface area contributed by atoms with Gasteiger partial charge in [-0.25, -0.2) is 4.39 Å². The van der Waals surface area contributed by atoms with E-state index in [4.69, 9.17) is 4.74 Å². The average molecular weight is 294 g/mol. The molecule has 1 atom stereocenters. The zero-order valence-electron chi connectivity index (χ0n) is 13.4. The maximum absolute atomic E-state index is 14.3. The molecule has 0 saturated carbocycles. The molecule has 1 saturated heterocycles. The molecule has 1 aromatic carbocycles. The second-order valence-electron chi connectivity index (χ2n) is 6.29. The number of hydrogen-bond acceptors (Lipinski definition) is 3. The number of anilines is 1. The van der Waals surface area contributed by atoms with Crippen molar-refractivity contribution in [2.24, 2.45) is 5.92 Å². The lowest BCUT2D eigenvalue weighted by Crippen LogP contribution is -2.31. The lowest BCUT2D eigenvalue weighted by atomic mass is 10.0. The molecule has 3 nitrogen and oxygen atoms in total. The van der Waals surface area contributed by atoms with Gasteiger partial charge in [0, 0.05) is 32.8 Å². The molecule has 0 radical (unpaired) electrons. The van der Waals surface area contributed by atoms with Gasteiger partial charge in [-0.05, 0) is 36.5 Å². The number of rotatable bonds is 6. The molecule has 1 aromatic rings. The van der Waals surface area contributed by atoms with E-state index in [2.05, 4.69) is 19.2 Å². The van der Waals surface area contributed by atoms with Crippen LogP contribution in [0.3, 0.4) is 0 Å². The van der Waals surface area contributed by atoms with Gasteiger partial charge in [0.15, 0.2) is 0 Å². The van der Waals surface area contributed by atoms with Crippen molar-refractivity contribution in [1.29, 1.82) is 0 Å². The molecule has 0 aromatic heterocycles. The van der Waals surface area contributed by atoms with Gasteiger partial charge in [-0.15, -0.1) is 0 Å². The molecule has 1 aliphatic rings. The summed E-state index contributed by atoms with van der Waals surface area (Å²) in [4.78, 5) is 2.01. The van der Waals surface area contributed by atoms with Gasteiger partial charge in [0.05, 0.1) is 12.3 Å². The third-order valence-electron chi connectivity index (χ3n) is 3.92. The summed E-state index contributed by atoms with van der Waals surface area (Å²) in [5.74, 6) is 0.364. The van der Waals surface area contributed by atoms with E-state index in [1.165, 1.54) is 6.42 Å². The first kappa shape index (κ1) is 16.2. The van der Waals surface area contributed by atoms with Crippen molar-refractivity contribution >= 4 is 5.69 Å².